The van der Waals surface area contributed by atoms with E-state index in [4.69, 9.17) is 0 Å². The molecule has 0 unspecified atom stereocenters. The molecule has 0 aliphatic carbocycles. The van der Waals surface area contributed by atoms with Crippen LogP contribution in [0.15, 0.2) is 17.2 Å². The number of hydrogen-bond acceptors (Lipinski definition) is 4. The maximum Gasteiger partial charge on any atom is 0.293 e. The molecular formula is C14H24N4O. The third-order valence-corrected chi connectivity index (χ3v) is 3.73. The van der Waals surface area contributed by atoms with Crippen LogP contribution >= 0.6 is 0 Å². The maximum absolute atomic E-state index is 12.2. The van der Waals surface area contributed by atoms with Crippen molar-refractivity contribution >= 4 is 5.82 Å². The van der Waals surface area contributed by atoms with Gasteiger partial charge in [-0.15, -0.1) is 0 Å². The van der Waals surface area contributed by atoms with Crippen LogP contribution < -0.4 is 15.8 Å². The van der Waals surface area contributed by atoms with Crippen molar-refractivity contribution in [2.24, 2.45) is 13.0 Å². The van der Waals surface area contributed by atoms with Gasteiger partial charge in [-0.2, -0.15) is 0 Å². The highest BCUT2D eigenvalue weighted by atomic mass is 16.1. The molecular weight excluding hydrogens is 240 g/mol. The molecule has 0 radical (unpaired) electrons. The zero-order valence-electron chi connectivity index (χ0n) is 11.9. The predicted molar refractivity (Wildman–Crippen MR) is 77.6 cm³/mol. The Morgan fingerprint density at radius 3 is 2.89 bits per heavy atom. The number of aromatic nitrogens is 2. The fourth-order valence-electron chi connectivity index (χ4n) is 2.63. The Balaban J connectivity index is 2.14. The number of aryl methyl sites for hydroxylation is 1. The molecule has 1 fully saturated rings. The van der Waals surface area contributed by atoms with E-state index in [0.717, 1.165) is 32.6 Å². The Morgan fingerprint density at radius 2 is 2.21 bits per heavy atom. The molecule has 1 aliphatic rings. The van der Waals surface area contributed by atoms with Gasteiger partial charge in [-0.3, -0.25) is 4.79 Å². The Labute approximate surface area is 114 Å². The van der Waals surface area contributed by atoms with Crippen molar-refractivity contribution in [1.29, 1.82) is 0 Å². The smallest absolute Gasteiger partial charge is 0.293 e. The minimum atomic E-state index is 0.00452. The average Bonchev–Trinajstić information content (AvgIpc) is 2.43. The SMILES string of the molecule is CCCN(CC1CCNCC1)c1nccn(C)c1=O. The summed E-state index contributed by atoms with van der Waals surface area (Å²) in [5.74, 6) is 1.27. The molecule has 0 aromatic carbocycles. The van der Waals surface area contributed by atoms with Crippen molar-refractivity contribution in [2.45, 2.75) is 26.2 Å². The van der Waals surface area contributed by atoms with Crippen LogP contribution in [0.5, 0.6) is 0 Å². The van der Waals surface area contributed by atoms with Gasteiger partial charge in [-0.1, -0.05) is 6.92 Å². The first-order valence-corrected chi connectivity index (χ1v) is 7.19. The fraction of sp³-hybridized carbons (Fsp3) is 0.714. The van der Waals surface area contributed by atoms with Crippen LogP contribution in [-0.4, -0.2) is 35.7 Å². The average molecular weight is 264 g/mol. The van der Waals surface area contributed by atoms with Crippen molar-refractivity contribution < 1.29 is 0 Å². The Morgan fingerprint density at radius 1 is 1.47 bits per heavy atom. The van der Waals surface area contributed by atoms with Gasteiger partial charge in [-0.05, 0) is 38.3 Å². The third kappa shape index (κ3) is 3.56. The molecule has 19 heavy (non-hydrogen) atoms. The van der Waals surface area contributed by atoms with Crippen LogP contribution in [0.4, 0.5) is 5.82 Å². The number of hydrogen-bond donors (Lipinski definition) is 1. The lowest BCUT2D eigenvalue weighted by atomic mass is 9.97. The van der Waals surface area contributed by atoms with Gasteiger partial charge in [0, 0.05) is 32.5 Å². The molecule has 1 N–H and O–H groups in total. The van der Waals surface area contributed by atoms with Crippen LogP contribution in [0.25, 0.3) is 0 Å². The van der Waals surface area contributed by atoms with E-state index < -0.39 is 0 Å². The molecule has 2 rings (SSSR count). The molecule has 1 saturated heterocycles. The normalized spacial score (nSPS) is 16.5. The van der Waals surface area contributed by atoms with E-state index in [2.05, 4.69) is 22.1 Å². The second-order valence-electron chi connectivity index (χ2n) is 5.31. The highest BCUT2D eigenvalue weighted by molar-refractivity contribution is 5.35. The quantitative estimate of drug-likeness (QED) is 0.862. The summed E-state index contributed by atoms with van der Waals surface area (Å²) in [7, 11) is 1.78. The highest BCUT2D eigenvalue weighted by Crippen LogP contribution is 2.16. The zero-order valence-corrected chi connectivity index (χ0v) is 11.9. The lowest BCUT2D eigenvalue weighted by Crippen LogP contribution is -2.40. The summed E-state index contributed by atoms with van der Waals surface area (Å²) < 4.78 is 1.60. The van der Waals surface area contributed by atoms with Crippen LogP contribution in [0.2, 0.25) is 0 Å². The molecule has 1 aromatic heterocycles. The topological polar surface area (TPSA) is 50.2 Å². The summed E-state index contributed by atoms with van der Waals surface area (Å²) in [6.07, 6.45) is 6.83. The van der Waals surface area contributed by atoms with Crippen molar-refractivity contribution in [2.75, 3.05) is 31.1 Å². The van der Waals surface area contributed by atoms with Gasteiger partial charge >= 0.3 is 0 Å². The van der Waals surface area contributed by atoms with Crippen LogP contribution in [0.3, 0.4) is 0 Å². The molecule has 2 heterocycles. The second-order valence-corrected chi connectivity index (χ2v) is 5.31. The molecule has 0 amide bonds. The first-order valence-electron chi connectivity index (χ1n) is 7.19. The largest absolute Gasteiger partial charge is 0.352 e. The van der Waals surface area contributed by atoms with Gasteiger partial charge in [0.15, 0.2) is 5.82 Å². The Bertz CT molecular complexity index is 451. The fourth-order valence-corrected chi connectivity index (χ4v) is 2.63. The molecule has 0 spiro atoms. The number of nitrogens with zero attached hydrogens (tertiary/aromatic N) is 3. The van der Waals surface area contributed by atoms with Gasteiger partial charge in [0.1, 0.15) is 0 Å². The van der Waals surface area contributed by atoms with Crippen molar-refractivity contribution in [3.8, 4) is 0 Å². The van der Waals surface area contributed by atoms with Gasteiger partial charge in [0.2, 0.25) is 0 Å². The number of anilines is 1. The van der Waals surface area contributed by atoms with Gasteiger partial charge in [0.25, 0.3) is 5.56 Å². The van der Waals surface area contributed by atoms with Crippen LogP contribution in [0.1, 0.15) is 26.2 Å². The van der Waals surface area contributed by atoms with Gasteiger partial charge < -0.3 is 14.8 Å². The molecule has 5 nitrogen and oxygen atoms in total. The third-order valence-electron chi connectivity index (χ3n) is 3.73. The van der Waals surface area contributed by atoms with E-state index in [0.29, 0.717) is 11.7 Å². The van der Waals surface area contributed by atoms with E-state index in [9.17, 15) is 4.79 Å². The van der Waals surface area contributed by atoms with Crippen molar-refractivity contribution in [3.63, 3.8) is 0 Å². The lowest BCUT2D eigenvalue weighted by molar-refractivity contribution is 0.372. The number of rotatable bonds is 5. The molecule has 1 aromatic rings. The maximum atomic E-state index is 12.2. The second kappa shape index (κ2) is 6.70. The van der Waals surface area contributed by atoms with E-state index in [1.165, 1.54) is 12.8 Å². The molecule has 0 atom stereocenters. The standard InChI is InChI=1S/C14H24N4O/c1-3-9-18(11-12-4-6-15-7-5-12)13-14(19)17(2)10-8-16-13/h8,10,12,15H,3-7,9,11H2,1-2H3. The van der Waals surface area contributed by atoms with Crippen molar-refractivity contribution in [1.82, 2.24) is 14.9 Å². The minimum Gasteiger partial charge on any atom is -0.352 e. The van der Waals surface area contributed by atoms with Gasteiger partial charge in [-0.25, -0.2) is 4.98 Å². The Kier molecular flexibility index (Phi) is 4.96. The Hall–Kier alpha value is -1.36. The summed E-state index contributed by atoms with van der Waals surface area (Å²) in [4.78, 5) is 18.6. The van der Waals surface area contributed by atoms with Crippen LogP contribution in [0, 0.1) is 5.92 Å². The van der Waals surface area contributed by atoms with Crippen molar-refractivity contribution in [3.05, 3.63) is 22.7 Å². The molecule has 0 saturated carbocycles. The minimum absolute atomic E-state index is 0.00452. The van der Waals surface area contributed by atoms with E-state index in [1.807, 2.05) is 0 Å². The number of piperidine rings is 1. The van der Waals surface area contributed by atoms with Crippen LogP contribution in [-0.2, 0) is 7.05 Å². The predicted octanol–water partition coefficient (Wildman–Crippen LogP) is 0.996. The summed E-state index contributed by atoms with van der Waals surface area (Å²) in [5, 5.41) is 3.38. The summed E-state index contributed by atoms with van der Waals surface area (Å²) in [6.45, 7) is 6.16. The molecule has 5 heteroatoms. The summed E-state index contributed by atoms with van der Waals surface area (Å²) in [6, 6.07) is 0. The van der Waals surface area contributed by atoms with E-state index >= 15 is 0 Å². The highest BCUT2D eigenvalue weighted by Gasteiger charge is 2.19. The lowest BCUT2D eigenvalue weighted by Gasteiger charge is -2.30. The molecule has 0 bridgehead atoms. The van der Waals surface area contributed by atoms with E-state index in [-0.39, 0.29) is 5.56 Å². The first kappa shape index (κ1) is 14.1. The zero-order chi connectivity index (χ0) is 13.7. The summed E-state index contributed by atoms with van der Waals surface area (Å²) >= 11 is 0. The first-order chi connectivity index (χ1) is 9.22. The van der Waals surface area contributed by atoms with E-state index in [1.54, 1.807) is 24.0 Å². The van der Waals surface area contributed by atoms with Gasteiger partial charge in [0.05, 0.1) is 0 Å². The summed E-state index contributed by atoms with van der Waals surface area (Å²) in [5.41, 5.74) is 0.00452. The monoisotopic (exact) mass is 264 g/mol. The molecule has 1 aliphatic heterocycles. The number of nitrogens with one attached hydrogen (secondary N) is 1. The molecule has 106 valence electrons.